The summed E-state index contributed by atoms with van der Waals surface area (Å²) in [4.78, 5) is 27.8. The van der Waals surface area contributed by atoms with Crippen LogP contribution in [-0.2, 0) is 0 Å². The number of likely N-dealkylation sites (tertiary alicyclic amines) is 1. The Labute approximate surface area is 269 Å². The lowest BCUT2D eigenvalue weighted by Crippen LogP contribution is -2.37. The number of nitrogens with one attached hydrogen (secondary N) is 3. The Morgan fingerprint density at radius 2 is 1.52 bits per heavy atom. The van der Waals surface area contributed by atoms with Gasteiger partial charge in [0.1, 0.15) is 23.1 Å². The van der Waals surface area contributed by atoms with Crippen molar-refractivity contribution in [2.75, 3.05) is 30.3 Å². The average Bonchev–Trinajstić information content (AvgIpc) is 3.49. The van der Waals surface area contributed by atoms with Crippen LogP contribution in [0, 0.1) is 11.6 Å². The van der Waals surface area contributed by atoms with Crippen molar-refractivity contribution in [3.05, 3.63) is 84.1 Å². The number of halogens is 2. The quantitative estimate of drug-likeness (QED) is 0.146. The van der Waals surface area contributed by atoms with E-state index < -0.39 is 23.6 Å². The van der Waals surface area contributed by atoms with Crippen LogP contribution in [0.2, 0.25) is 0 Å². The lowest BCUT2D eigenvalue weighted by atomic mass is 10.0. The second-order valence-corrected chi connectivity index (χ2v) is 11.9. The molecule has 1 fully saturated rings. The number of carbonyl (C=O) groups excluding carboxylic acids is 2. The van der Waals surface area contributed by atoms with Crippen molar-refractivity contribution in [3.63, 3.8) is 0 Å². The van der Waals surface area contributed by atoms with E-state index in [1.807, 2.05) is 32.0 Å². The van der Waals surface area contributed by atoms with E-state index in [-0.39, 0.29) is 28.9 Å². The van der Waals surface area contributed by atoms with Crippen LogP contribution < -0.4 is 20.7 Å². The Balaban J connectivity index is 1.18. The molecule has 0 atom stereocenters. The van der Waals surface area contributed by atoms with Gasteiger partial charge in [0.25, 0.3) is 5.91 Å². The SMILES string of the molecule is CCCCN1CCC(n2ccc3cc(C(=O)Nc4ccc(Oc5ccc(NC(=O)NC(CC)CC)c(F)c5)cc4F)ccc32)CC1. The van der Waals surface area contributed by atoms with Crippen molar-refractivity contribution in [2.24, 2.45) is 0 Å². The lowest BCUT2D eigenvalue weighted by molar-refractivity contribution is 0.102. The summed E-state index contributed by atoms with van der Waals surface area (Å²) < 4.78 is 37.6. The van der Waals surface area contributed by atoms with Crippen molar-refractivity contribution in [1.82, 2.24) is 14.8 Å². The van der Waals surface area contributed by atoms with E-state index in [0.29, 0.717) is 11.6 Å². The predicted molar refractivity (Wildman–Crippen MR) is 179 cm³/mol. The molecule has 2 heterocycles. The second kappa shape index (κ2) is 15.2. The number of ether oxygens (including phenoxy) is 1. The van der Waals surface area contributed by atoms with Gasteiger partial charge in [-0.05, 0) is 87.2 Å². The van der Waals surface area contributed by atoms with E-state index in [9.17, 15) is 14.0 Å². The molecule has 0 radical (unpaired) electrons. The van der Waals surface area contributed by atoms with Gasteiger partial charge in [0.15, 0.2) is 0 Å². The standard InChI is InChI=1S/C36H43F2N5O3/c1-4-7-17-42-18-15-27(16-19-42)43-20-14-24-21-25(8-13-34(24)43)35(44)40-32-11-9-28(22-30(32)37)46-29-10-12-33(31(38)23-29)41-36(45)39-26(5-2)6-3/h8-14,20-23,26-27H,4-7,15-19H2,1-3H3,(H,40,44)(H2,39,41,45). The zero-order chi connectivity index (χ0) is 32.6. The minimum atomic E-state index is -0.694. The number of aromatic nitrogens is 1. The minimum Gasteiger partial charge on any atom is -0.457 e. The molecule has 244 valence electrons. The molecular weight excluding hydrogens is 588 g/mol. The molecule has 0 unspecified atom stereocenters. The molecule has 3 N–H and O–H groups in total. The molecule has 4 aromatic rings. The van der Waals surface area contributed by atoms with Crippen molar-refractivity contribution >= 4 is 34.2 Å². The van der Waals surface area contributed by atoms with E-state index in [2.05, 4.69) is 38.5 Å². The highest BCUT2D eigenvalue weighted by Gasteiger charge is 2.21. The van der Waals surface area contributed by atoms with E-state index in [0.717, 1.165) is 68.4 Å². The van der Waals surface area contributed by atoms with Crippen LogP contribution >= 0.6 is 0 Å². The van der Waals surface area contributed by atoms with Crippen molar-refractivity contribution in [3.8, 4) is 11.5 Å². The molecule has 0 bridgehead atoms. The Hall–Kier alpha value is -4.44. The summed E-state index contributed by atoms with van der Waals surface area (Å²) in [6.45, 7) is 9.50. The first-order valence-electron chi connectivity index (χ1n) is 16.3. The zero-order valence-corrected chi connectivity index (χ0v) is 26.7. The fourth-order valence-corrected chi connectivity index (χ4v) is 5.92. The van der Waals surface area contributed by atoms with Gasteiger partial charge in [0, 0.05) is 60.0 Å². The Kier molecular flexibility index (Phi) is 10.9. The Bertz CT molecular complexity index is 1660. The number of amides is 3. The van der Waals surface area contributed by atoms with Gasteiger partial charge in [-0.2, -0.15) is 0 Å². The number of carbonyl (C=O) groups is 2. The van der Waals surface area contributed by atoms with Crippen LogP contribution in [0.25, 0.3) is 10.9 Å². The molecule has 46 heavy (non-hydrogen) atoms. The fourth-order valence-electron chi connectivity index (χ4n) is 5.92. The third-order valence-corrected chi connectivity index (χ3v) is 8.69. The van der Waals surface area contributed by atoms with Crippen LogP contribution in [0.5, 0.6) is 11.5 Å². The second-order valence-electron chi connectivity index (χ2n) is 11.9. The average molecular weight is 632 g/mol. The summed E-state index contributed by atoms with van der Waals surface area (Å²) in [6.07, 6.45) is 8.28. The molecule has 0 saturated carbocycles. The third-order valence-electron chi connectivity index (χ3n) is 8.69. The molecule has 1 aliphatic rings. The van der Waals surface area contributed by atoms with Gasteiger partial charge < -0.3 is 30.2 Å². The Morgan fingerprint density at radius 1 is 0.870 bits per heavy atom. The number of unbranched alkanes of at least 4 members (excludes halogenated alkanes) is 1. The number of nitrogens with zero attached hydrogens (tertiary/aromatic N) is 2. The third kappa shape index (κ3) is 8.04. The molecule has 0 aliphatic carbocycles. The van der Waals surface area contributed by atoms with Crippen LogP contribution in [0.15, 0.2) is 66.9 Å². The molecule has 1 aromatic heterocycles. The summed E-state index contributed by atoms with van der Waals surface area (Å²) in [5.41, 5.74) is 1.51. The van der Waals surface area contributed by atoms with Crippen molar-refractivity contribution in [1.29, 1.82) is 0 Å². The molecule has 8 nitrogen and oxygen atoms in total. The predicted octanol–water partition coefficient (Wildman–Crippen LogP) is 8.71. The highest BCUT2D eigenvalue weighted by Crippen LogP contribution is 2.30. The summed E-state index contributed by atoms with van der Waals surface area (Å²) in [5.74, 6) is -1.56. The van der Waals surface area contributed by atoms with Crippen molar-refractivity contribution in [2.45, 2.75) is 71.4 Å². The largest absolute Gasteiger partial charge is 0.457 e. The number of hydrogen-bond acceptors (Lipinski definition) is 4. The highest BCUT2D eigenvalue weighted by atomic mass is 19.1. The molecule has 3 aromatic carbocycles. The first-order valence-corrected chi connectivity index (χ1v) is 16.3. The fraction of sp³-hybridized carbons (Fsp3) is 0.389. The van der Waals surface area contributed by atoms with Crippen molar-refractivity contribution < 1.29 is 23.1 Å². The smallest absolute Gasteiger partial charge is 0.319 e. The molecule has 10 heteroatoms. The van der Waals surface area contributed by atoms with Crippen LogP contribution in [-0.4, -0.2) is 47.1 Å². The number of hydrogen-bond donors (Lipinski definition) is 3. The maximum atomic E-state index is 15.0. The molecule has 3 amide bonds. The summed E-state index contributed by atoms with van der Waals surface area (Å²) in [6, 6.07) is 15.5. The maximum absolute atomic E-state index is 15.0. The highest BCUT2D eigenvalue weighted by molar-refractivity contribution is 6.06. The summed E-state index contributed by atoms with van der Waals surface area (Å²) in [7, 11) is 0. The molecule has 5 rings (SSSR count). The normalized spacial score (nSPS) is 14.0. The monoisotopic (exact) mass is 631 g/mol. The molecule has 1 saturated heterocycles. The van der Waals surface area contributed by atoms with Gasteiger partial charge in [-0.25, -0.2) is 13.6 Å². The number of rotatable bonds is 12. The van der Waals surface area contributed by atoms with Gasteiger partial charge in [0.05, 0.1) is 11.4 Å². The van der Waals surface area contributed by atoms with E-state index in [1.54, 1.807) is 6.07 Å². The summed E-state index contributed by atoms with van der Waals surface area (Å²) in [5, 5.41) is 8.89. The van der Waals surface area contributed by atoms with Crippen LogP contribution in [0.3, 0.4) is 0 Å². The minimum absolute atomic E-state index is 0.000876. The number of benzene rings is 3. The zero-order valence-electron chi connectivity index (χ0n) is 26.7. The van der Waals surface area contributed by atoms with E-state index in [4.69, 9.17) is 4.74 Å². The van der Waals surface area contributed by atoms with Gasteiger partial charge in [0.2, 0.25) is 0 Å². The first-order chi connectivity index (χ1) is 22.3. The van der Waals surface area contributed by atoms with E-state index in [1.165, 1.54) is 37.1 Å². The summed E-state index contributed by atoms with van der Waals surface area (Å²) >= 11 is 0. The van der Waals surface area contributed by atoms with Crippen LogP contribution in [0.4, 0.5) is 25.0 Å². The van der Waals surface area contributed by atoms with Gasteiger partial charge >= 0.3 is 6.03 Å². The topological polar surface area (TPSA) is 87.6 Å². The van der Waals surface area contributed by atoms with Gasteiger partial charge in [-0.1, -0.05) is 27.2 Å². The van der Waals surface area contributed by atoms with Gasteiger partial charge in [-0.15, -0.1) is 0 Å². The number of fused-ring (bicyclic) bond motifs is 1. The number of urea groups is 1. The molecule has 0 spiro atoms. The Morgan fingerprint density at radius 3 is 2.13 bits per heavy atom. The lowest BCUT2D eigenvalue weighted by Gasteiger charge is -2.33. The number of anilines is 2. The first kappa shape index (κ1) is 32.9. The van der Waals surface area contributed by atoms with E-state index >= 15 is 4.39 Å². The molecule has 1 aliphatic heterocycles. The van der Waals surface area contributed by atoms with Crippen LogP contribution in [0.1, 0.15) is 75.7 Å². The molecular formula is C36H43F2N5O3. The maximum Gasteiger partial charge on any atom is 0.319 e. The number of piperidine rings is 1. The van der Waals surface area contributed by atoms with Gasteiger partial charge in [-0.3, -0.25) is 4.79 Å².